The van der Waals surface area contributed by atoms with Crippen LogP contribution in [0.4, 0.5) is 0 Å². The van der Waals surface area contributed by atoms with Gasteiger partial charge in [0.15, 0.2) is 0 Å². The van der Waals surface area contributed by atoms with Crippen LogP contribution in [0.5, 0.6) is 0 Å². The molecule has 0 spiro atoms. The van der Waals surface area contributed by atoms with Crippen molar-refractivity contribution in [3.05, 3.63) is 22.4 Å². The average molecular weight is 254 g/mol. The summed E-state index contributed by atoms with van der Waals surface area (Å²) in [7, 11) is 2.23. The van der Waals surface area contributed by atoms with E-state index in [1.54, 1.807) is 0 Å². The van der Waals surface area contributed by atoms with Gasteiger partial charge in [-0.05, 0) is 37.8 Å². The van der Waals surface area contributed by atoms with Crippen LogP contribution in [0.2, 0.25) is 0 Å². The SMILES string of the molecule is CCC(CC)N(C)CCNCCc1cccs1. The largest absolute Gasteiger partial charge is 0.315 e. The first-order valence-electron chi connectivity index (χ1n) is 6.71. The lowest BCUT2D eigenvalue weighted by Crippen LogP contribution is -2.36. The molecule has 3 heteroatoms. The Morgan fingerprint density at radius 3 is 2.65 bits per heavy atom. The lowest BCUT2D eigenvalue weighted by atomic mass is 10.1. The molecular weight excluding hydrogens is 228 g/mol. The Balaban J connectivity index is 2.03. The molecule has 0 aliphatic carbocycles. The van der Waals surface area contributed by atoms with Gasteiger partial charge in [0.2, 0.25) is 0 Å². The highest BCUT2D eigenvalue weighted by Crippen LogP contribution is 2.08. The molecule has 1 N–H and O–H groups in total. The second-order valence-corrected chi connectivity index (χ2v) is 5.56. The molecule has 1 rings (SSSR count). The molecule has 0 aromatic carbocycles. The summed E-state index contributed by atoms with van der Waals surface area (Å²) < 4.78 is 0. The van der Waals surface area contributed by atoms with E-state index >= 15 is 0 Å². The Kier molecular flexibility index (Phi) is 7.49. The standard InChI is InChI=1S/C14H26N2S/c1-4-13(5-2)16(3)11-10-15-9-8-14-7-6-12-17-14/h6-7,12-13,15H,4-5,8-11H2,1-3H3. The van der Waals surface area contributed by atoms with E-state index in [1.165, 1.54) is 17.7 Å². The molecular formula is C14H26N2S. The van der Waals surface area contributed by atoms with E-state index in [4.69, 9.17) is 0 Å². The highest BCUT2D eigenvalue weighted by molar-refractivity contribution is 7.09. The third-order valence-corrected chi connectivity index (χ3v) is 4.27. The molecule has 1 aromatic heterocycles. The van der Waals surface area contributed by atoms with Gasteiger partial charge >= 0.3 is 0 Å². The molecule has 0 amide bonds. The summed E-state index contributed by atoms with van der Waals surface area (Å²) in [6.45, 7) is 7.89. The van der Waals surface area contributed by atoms with Crippen LogP contribution in [0.1, 0.15) is 31.6 Å². The topological polar surface area (TPSA) is 15.3 Å². The number of likely N-dealkylation sites (N-methyl/N-ethyl adjacent to an activating group) is 1. The monoisotopic (exact) mass is 254 g/mol. The van der Waals surface area contributed by atoms with Gasteiger partial charge in [0.05, 0.1) is 0 Å². The van der Waals surface area contributed by atoms with Crippen molar-refractivity contribution in [3.8, 4) is 0 Å². The molecule has 17 heavy (non-hydrogen) atoms. The normalized spacial score (nSPS) is 11.6. The number of thiophene rings is 1. The van der Waals surface area contributed by atoms with E-state index in [1.807, 2.05) is 11.3 Å². The van der Waals surface area contributed by atoms with E-state index in [0.717, 1.165) is 32.1 Å². The molecule has 0 bridgehead atoms. The van der Waals surface area contributed by atoms with Crippen molar-refractivity contribution in [3.63, 3.8) is 0 Å². The summed E-state index contributed by atoms with van der Waals surface area (Å²) in [5.74, 6) is 0. The number of hydrogen-bond acceptors (Lipinski definition) is 3. The van der Waals surface area contributed by atoms with Gasteiger partial charge in [-0.3, -0.25) is 0 Å². The molecule has 0 saturated carbocycles. The van der Waals surface area contributed by atoms with E-state index in [9.17, 15) is 0 Å². The predicted octanol–water partition coefficient (Wildman–Crippen LogP) is 3.00. The van der Waals surface area contributed by atoms with Crippen LogP contribution in [0.15, 0.2) is 17.5 Å². The van der Waals surface area contributed by atoms with Crippen molar-refractivity contribution in [2.75, 3.05) is 26.7 Å². The molecule has 0 unspecified atom stereocenters. The van der Waals surface area contributed by atoms with Crippen molar-refractivity contribution in [1.82, 2.24) is 10.2 Å². The Morgan fingerprint density at radius 1 is 1.29 bits per heavy atom. The van der Waals surface area contributed by atoms with Gasteiger partial charge in [0.1, 0.15) is 0 Å². The molecule has 0 aliphatic rings. The molecule has 0 atom stereocenters. The van der Waals surface area contributed by atoms with Crippen LogP contribution < -0.4 is 5.32 Å². The van der Waals surface area contributed by atoms with Gasteiger partial charge in [-0.2, -0.15) is 0 Å². The maximum Gasteiger partial charge on any atom is 0.0107 e. The zero-order valence-electron chi connectivity index (χ0n) is 11.4. The number of rotatable bonds is 9. The van der Waals surface area contributed by atoms with Crippen LogP contribution in [0.3, 0.4) is 0 Å². The highest BCUT2D eigenvalue weighted by atomic mass is 32.1. The van der Waals surface area contributed by atoms with Gasteiger partial charge in [0.25, 0.3) is 0 Å². The zero-order valence-corrected chi connectivity index (χ0v) is 12.2. The van der Waals surface area contributed by atoms with Crippen molar-refractivity contribution in [2.45, 2.75) is 39.2 Å². The van der Waals surface area contributed by atoms with Crippen LogP contribution in [-0.4, -0.2) is 37.6 Å². The lowest BCUT2D eigenvalue weighted by molar-refractivity contribution is 0.230. The average Bonchev–Trinajstić information content (AvgIpc) is 2.83. The van der Waals surface area contributed by atoms with Crippen molar-refractivity contribution in [1.29, 1.82) is 0 Å². The Morgan fingerprint density at radius 2 is 2.06 bits per heavy atom. The summed E-state index contributed by atoms with van der Waals surface area (Å²) in [6, 6.07) is 5.08. The van der Waals surface area contributed by atoms with Crippen molar-refractivity contribution >= 4 is 11.3 Å². The first-order chi connectivity index (χ1) is 8.27. The fourth-order valence-corrected chi connectivity index (χ4v) is 2.85. The Labute approximate surface area is 110 Å². The lowest BCUT2D eigenvalue weighted by Gasteiger charge is -2.26. The van der Waals surface area contributed by atoms with E-state index < -0.39 is 0 Å². The first kappa shape index (κ1) is 14.7. The van der Waals surface area contributed by atoms with E-state index in [2.05, 4.69) is 48.6 Å². The minimum atomic E-state index is 0.745. The summed E-state index contributed by atoms with van der Waals surface area (Å²) >= 11 is 1.85. The van der Waals surface area contributed by atoms with Crippen molar-refractivity contribution in [2.24, 2.45) is 0 Å². The fraction of sp³-hybridized carbons (Fsp3) is 0.714. The Hall–Kier alpha value is -0.380. The van der Waals surface area contributed by atoms with Crippen LogP contribution in [0, 0.1) is 0 Å². The number of nitrogens with zero attached hydrogens (tertiary/aromatic N) is 1. The van der Waals surface area contributed by atoms with Crippen molar-refractivity contribution < 1.29 is 0 Å². The van der Waals surface area contributed by atoms with Gasteiger partial charge in [0, 0.05) is 30.6 Å². The van der Waals surface area contributed by atoms with Crippen LogP contribution in [-0.2, 0) is 6.42 Å². The highest BCUT2D eigenvalue weighted by Gasteiger charge is 2.08. The number of hydrogen-bond donors (Lipinski definition) is 1. The van der Waals surface area contributed by atoms with Crippen LogP contribution in [0.25, 0.3) is 0 Å². The summed E-state index contributed by atoms with van der Waals surface area (Å²) in [4.78, 5) is 3.95. The minimum Gasteiger partial charge on any atom is -0.315 e. The predicted molar refractivity (Wildman–Crippen MR) is 77.9 cm³/mol. The molecule has 1 aromatic rings. The summed E-state index contributed by atoms with van der Waals surface area (Å²) in [5, 5.41) is 5.67. The van der Waals surface area contributed by atoms with Gasteiger partial charge in [-0.1, -0.05) is 19.9 Å². The third kappa shape index (κ3) is 5.66. The van der Waals surface area contributed by atoms with E-state index in [-0.39, 0.29) is 0 Å². The molecule has 0 radical (unpaired) electrons. The molecule has 0 aliphatic heterocycles. The van der Waals surface area contributed by atoms with E-state index in [0.29, 0.717) is 0 Å². The maximum absolute atomic E-state index is 3.52. The quantitative estimate of drug-likeness (QED) is 0.682. The molecule has 98 valence electrons. The Bertz CT molecular complexity index is 268. The summed E-state index contributed by atoms with van der Waals surface area (Å²) in [5.41, 5.74) is 0. The molecule has 2 nitrogen and oxygen atoms in total. The van der Waals surface area contributed by atoms with Gasteiger partial charge in [-0.15, -0.1) is 11.3 Å². The number of nitrogens with one attached hydrogen (secondary N) is 1. The van der Waals surface area contributed by atoms with Crippen LogP contribution >= 0.6 is 11.3 Å². The van der Waals surface area contributed by atoms with Gasteiger partial charge < -0.3 is 10.2 Å². The summed E-state index contributed by atoms with van der Waals surface area (Å²) in [6.07, 6.45) is 3.66. The zero-order chi connectivity index (χ0) is 12.5. The second kappa shape index (κ2) is 8.67. The van der Waals surface area contributed by atoms with Gasteiger partial charge in [-0.25, -0.2) is 0 Å². The smallest absolute Gasteiger partial charge is 0.0107 e. The second-order valence-electron chi connectivity index (χ2n) is 4.53. The third-order valence-electron chi connectivity index (χ3n) is 3.34. The fourth-order valence-electron chi connectivity index (χ4n) is 2.14. The molecule has 1 heterocycles. The minimum absolute atomic E-state index is 0.745. The molecule has 0 saturated heterocycles. The first-order valence-corrected chi connectivity index (χ1v) is 7.59. The maximum atomic E-state index is 3.52. The molecule has 0 fully saturated rings.